The lowest BCUT2D eigenvalue weighted by Gasteiger charge is -2.23. The molecule has 3 rings (SSSR count). The van der Waals surface area contributed by atoms with Gasteiger partial charge in [-0.15, -0.1) is 6.42 Å². The number of methoxy groups -OCH3 is 1. The fourth-order valence-corrected chi connectivity index (χ4v) is 4.30. The van der Waals surface area contributed by atoms with Crippen molar-refractivity contribution in [1.29, 1.82) is 0 Å². The van der Waals surface area contributed by atoms with E-state index in [0.717, 1.165) is 22.3 Å². The molecular weight excluding hydrogens is 460 g/mol. The number of terminal acetylenes is 1. The summed E-state index contributed by atoms with van der Waals surface area (Å²) in [6.45, 7) is 3.77. The average Bonchev–Trinajstić information content (AvgIpc) is 3.19. The third-order valence-corrected chi connectivity index (χ3v) is 6.04. The Hall–Kier alpha value is -3.83. The van der Waals surface area contributed by atoms with Gasteiger partial charge in [0.05, 0.1) is 19.8 Å². The zero-order valence-corrected chi connectivity index (χ0v) is 20.8. The lowest BCUT2D eigenvalue weighted by atomic mass is 9.98. The van der Waals surface area contributed by atoms with Crippen LogP contribution in [-0.2, 0) is 23.8 Å². The number of fused-ring (bicyclic) bond motifs is 3. The van der Waals surface area contributed by atoms with E-state index in [9.17, 15) is 14.4 Å². The van der Waals surface area contributed by atoms with Crippen LogP contribution in [0.2, 0.25) is 0 Å². The van der Waals surface area contributed by atoms with Crippen LogP contribution in [0.25, 0.3) is 11.1 Å². The molecular formula is C28H32N2O6. The second kappa shape index (κ2) is 12.8. The molecule has 0 spiro atoms. The summed E-state index contributed by atoms with van der Waals surface area (Å²) in [6.07, 6.45) is 4.44. The molecule has 2 atom stereocenters. The van der Waals surface area contributed by atoms with E-state index in [1.807, 2.05) is 36.4 Å². The second-order valence-electron chi connectivity index (χ2n) is 8.90. The number of carbonyl (C=O) groups excluding carboxylic acids is 3. The van der Waals surface area contributed by atoms with Gasteiger partial charge in [0.2, 0.25) is 5.91 Å². The van der Waals surface area contributed by atoms with Crippen LogP contribution in [0.5, 0.6) is 0 Å². The van der Waals surface area contributed by atoms with E-state index in [2.05, 4.69) is 28.7 Å². The van der Waals surface area contributed by atoms with Crippen molar-refractivity contribution in [3.63, 3.8) is 0 Å². The fraction of sp³-hybridized carbons (Fsp3) is 0.393. The monoisotopic (exact) mass is 492 g/mol. The summed E-state index contributed by atoms with van der Waals surface area (Å²) >= 11 is 0. The van der Waals surface area contributed by atoms with Gasteiger partial charge >= 0.3 is 12.1 Å². The van der Waals surface area contributed by atoms with Crippen LogP contribution in [0, 0.1) is 18.3 Å². The minimum atomic E-state index is -0.802. The number of rotatable bonds is 11. The minimum absolute atomic E-state index is 0.00633. The number of esters is 1. The molecule has 190 valence electrons. The first-order chi connectivity index (χ1) is 17.3. The molecule has 0 unspecified atom stereocenters. The molecule has 1 aliphatic rings. The molecule has 0 heterocycles. The Labute approximate surface area is 211 Å². The van der Waals surface area contributed by atoms with Gasteiger partial charge in [0, 0.05) is 12.3 Å². The number of carbonyl (C=O) groups is 3. The molecule has 2 aromatic carbocycles. The third-order valence-electron chi connectivity index (χ3n) is 6.04. The first-order valence-corrected chi connectivity index (χ1v) is 11.9. The second-order valence-corrected chi connectivity index (χ2v) is 8.90. The molecule has 0 bridgehead atoms. The summed E-state index contributed by atoms with van der Waals surface area (Å²) in [5.41, 5.74) is 4.46. The number of amides is 2. The molecule has 2 aromatic rings. The summed E-state index contributed by atoms with van der Waals surface area (Å²) in [7, 11) is 1.26. The Morgan fingerprint density at radius 3 is 2.17 bits per heavy atom. The summed E-state index contributed by atoms with van der Waals surface area (Å²) in [5.74, 6) is 1.11. The number of hydrogen-bond donors (Lipinski definition) is 2. The standard InChI is InChI=1S/C28H32N2O6/c1-5-14-35-16-19(15-25(31)30-26(18(2)3)27(32)34-4)29-28(33)36-17-24-22-12-8-6-10-20(22)21-11-7-9-13-23(21)24/h1,6-13,18-19,24,26H,14-17H2,2-4H3,(H,29,33)(H,30,31)/t19-,26+/m1/s1. The Balaban J connectivity index is 1.62. The summed E-state index contributed by atoms with van der Waals surface area (Å²) < 4.78 is 15.7. The van der Waals surface area contributed by atoms with Crippen LogP contribution in [0.15, 0.2) is 48.5 Å². The molecule has 0 aromatic heterocycles. The highest BCUT2D eigenvalue weighted by atomic mass is 16.5. The van der Waals surface area contributed by atoms with Gasteiger partial charge in [-0.3, -0.25) is 4.79 Å². The number of alkyl carbamates (subject to hydrolysis) is 1. The van der Waals surface area contributed by atoms with Crippen LogP contribution >= 0.6 is 0 Å². The molecule has 0 radical (unpaired) electrons. The zero-order chi connectivity index (χ0) is 26.1. The van der Waals surface area contributed by atoms with E-state index >= 15 is 0 Å². The number of hydrogen-bond acceptors (Lipinski definition) is 6. The fourth-order valence-electron chi connectivity index (χ4n) is 4.30. The topological polar surface area (TPSA) is 103 Å². The molecule has 0 aliphatic heterocycles. The van der Waals surface area contributed by atoms with Gasteiger partial charge in [0.15, 0.2) is 0 Å². The van der Waals surface area contributed by atoms with Gasteiger partial charge < -0.3 is 24.8 Å². The molecule has 8 heteroatoms. The largest absolute Gasteiger partial charge is 0.467 e. The normalized spacial score (nSPS) is 13.6. The van der Waals surface area contributed by atoms with Gasteiger partial charge in [-0.1, -0.05) is 68.3 Å². The summed E-state index contributed by atoms with van der Waals surface area (Å²) in [5, 5.41) is 5.35. The highest BCUT2D eigenvalue weighted by Crippen LogP contribution is 2.44. The Morgan fingerprint density at radius 1 is 1.00 bits per heavy atom. The van der Waals surface area contributed by atoms with Gasteiger partial charge in [0.25, 0.3) is 0 Å². The molecule has 2 N–H and O–H groups in total. The maximum atomic E-state index is 12.7. The lowest BCUT2D eigenvalue weighted by Crippen LogP contribution is -2.48. The highest BCUT2D eigenvalue weighted by Gasteiger charge is 2.30. The molecule has 0 fully saturated rings. The number of ether oxygens (including phenoxy) is 3. The molecule has 36 heavy (non-hydrogen) atoms. The maximum absolute atomic E-state index is 12.7. The minimum Gasteiger partial charge on any atom is -0.467 e. The Kier molecular flexibility index (Phi) is 9.48. The number of benzene rings is 2. The highest BCUT2D eigenvalue weighted by molar-refractivity contribution is 5.85. The van der Waals surface area contributed by atoms with Gasteiger partial charge in [0.1, 0.15) is 19.3 Å². The van der Waals surface area contributed by atoms with E-state index in [-0.39, 0.29) is 38.1 Å². The molecule has 8 nitrogen and oxygen atoms in total. The van der Waals surface area contributed by atoms with E-state index in [1.54, 1.807) is 13.8 Å². The SMILES string of the molecule is C#CCOC[C@@H](CC(=O)N[C@H](C(=O)OC)C(C)C)NC(=O)OCC1c2ccccc2-c2ccccc21. The predicted molar refractivity (Wildman–Crippen MR) is 135 cm³/mol. The van der Waals surface area contributed by atoms with Crippen LogP contribution < -0.4 is 10.6 Å². The Bertz CT molecular complexity index is 1080. The van der Waals surface area contributed by atoms with Crippen molar-refractivity contribution in [3.05, 3.63) is 59.7 Å². The van der Waals surface area contributed by atoms with Gasteiger partial charge in [-0.25, -0.2) is 9.59 Å². The van der Waals surface area contributed by atoms with Crippen LogP contribution in [0.1, 0.15) is 37.3 Å². The van der Waals surface area contributed by atoms with Crippen molar-refractivity contribution >= 4 is 18.0 Å². The first-order valence-electron chi connectivity index (χ1n) is 11.9. The van der Waals surface area contributed by atoms with Crippen molar-refractivity contribution < 1.29 is 28.6 Å². The van der Waals surface area contributed by atoms with E-state index in [1.165, 1.54) is 7.11 Å². The lowest BCUT2D eigenvalue weighted by molar-refractivity contribution is -0.146. The van der Waals surface area contributed by atoms with Gasteiger partial charge in [-0.05, 0) is 28.2 Å². The first kappa shape index (κ1) is 26.8. The molecule has 0 saturated heterocycles. The number of nitrogens with one attached hydrogen (secondary N) is 2. The van der Waals surface area contributed by atoms with E-state index < -0.39 is 30.1 Å². The van der Waals surface area contributed by atoms with Crippen LogP contribution in [-0.4, -0.2) is 57.0 Å². The van der Waals surface area contributed by atoms with Crippen molar-refractivity contribution in [1.82, 2.24) is 10.6 Å². The summed E-state index contributed by atoms with van der Waals surface area (Å²) in [6, 6.07) is 14.6. The zero-order valence-electron chi connectivity index (χ0n) is 20.8. The van der Waals surface area contributed by atoms with Crippen LogP contribution in [0.3, 0.4) is 0 Å². The van der Waals surface area contributed by atoms with Crippen molar-refractivity contribution in [3.8, 4) is 23.5 Å². The van der Waals surface area contributed by atoms with Crippen molar-refractivity contribution in [2.24, 2.45) is 5.92 Å². The third kappa shape index (κ3) is 6.64. The van der Waals surface area contributed by atoms with E-state index in [0.29, 0.717) is 0 Å². The smallest absolute Gasteiger partial charge is 0.407 e. The van der Waals surface area contributed by atoms with Crippen molar-refractivity contribution in [2.75, 3.05) is 26.9 Å². The summed E-state index contributed by atoms with van der Waals surface area (Å²) in [4.78, 5) is 37.3. The maximum Gasteiger partial charge on any atom is 0.407 e. The van der Waals surface area contributed by atoms with Crippen molar-refractivity contribution in [2.45, 2.75) is 38.3 Å². The predicted octanol–water partition coefficient (Wildman–Crippen LogP) is 3.25. The average molecular weight is 493 g/mol. The quantitative estimate of drug-likeness (QED) is 0.284. The molecule has 1 aliphatic carbocycles. The van der Waals surface area contributed by atoms with E-state index in [4.69, 9.17) is 20.6 Å². The molecule has 0 saturated carbocycles. The van der Waals surface area contributed by atoms with Crippen LogP contribution in [0.4, 0.5) is 4.79 Å². The molecule has 2 amide bonds. The Morgan fingerprint density at radius 2 is 1.61 bits per heavy atom. The van der Waals surface area contributed by atoms with Gasteiger partial charge in [-0.2, -0.15) is 0 Å².